The predicted molar refractivity (Wildman–Crippen MR) is 34.9 cm³/mol. The lowest BCUT2D eigenvalue weighted by Crippen LogP contribution is -2.11. The Labute approximate surface area is 56.0 Å². The van der Waals surface area contributed by atoms with Crippen LogP contribution in [-0.2, 0) is 9.84 Å². The van der Waals surface area contributed by atoms with Gasteiger partial charge in [0, 0.05) is 6.61 Å². The monoisotopic (exact) mass is 132 g/mol. The Balaban J connectivity index is 2.60. The number of nitrogens with one attached hydrogen (secondary N) is 1. The van der Waals surface area contributed by atoms with Gasteiger partial charge in [-0.05, 0) is 20.0 Å². The molecule has 0 aliphatic heterocycles. The van der Waals surface area contributed by atoms with Crippen molar-refractivity contribution in [1.29, 1.82) is 0 Å². The van der Waals surface area contributed by atoms with Gasteiger partial charge in [-0.15, -0.1) is 0 Å². The molecule has 3 heteroatoms. The lowest BCUT2D eigenvalue weighted by Gasteiger charge is -1.99. The third kappa shape index (κ3) is 7.88. The van der Waals surface area contributed by atoms with Crippen LogP contribution in [-0.4, -0.2) is 33.4 Å². The molecule has 0 fully saturated rings. The smallest absolute Gasteiger partial charge is 0.106 e. The normalized spacial score (nSPS) is 10.0. The van der Waals surface area contributed by atoms with Crippen molar-refractivity contribution in [3.63, 3.8) is 0 Å². The molecule has 0 heterocycles. The van der Waals surface area contributed by atoms with Gasteiger partial charge < -0.3 is 10.1 Å². The van der Waals surface area contributed by atoms with Gasteiger partial charge in [0.05, 0.1) is 6.61 Å². The van der Waals surface area contributed by atoms with Crippen LogP contribution in [0.25, 0.3) is 0 Å². The Morgan fingerprint density at radius 2 is 2.22 bits per heavy atom. The first-order valence-corrected chi connectivity index (χ1v) is 3.22. The molecule has 3 nitrogen and oxygen atoms in total. The zero-order valence-corrected chi connectivity index (χ0v) is 5.85. The van der Waals surface area contributed by atoms with Crippen molar-refractivity contribution >= 4 is 0 Å². The van der Waals surface area contributed by atoms with E-state index in [-0.39, 0.29) is 6.61 Å². The van der Waals surface area contributed by atoms with Crippen molar-refractivity contribution in [3.8, 4) is 0 Å². The van der Waals surface area contributed by atoms with Crippen LogP contribution in [0.3, 0.4) is 0 Å². The van der Waals surface area contributed by atoms with Gasteiger partial charge in [-0.1, -0.05) is 0 Å². The summed E-state index contributed by atoms with van der Waals surface area (Å²) in [5.41, 5.74) is 0. The van der Waals surface area contributed by atoms with E-state index in [1.165, 1.54) is 0 Å². The molecule has 0 saturated carbocycles. The summed E-state index contributed by atoms with van der Waals surface area (Å²) < 4.78 is 4.93. The molecule has 0 amide bonds. The quantitative estimate of drug-likeness (QED) is 0.518. The minimum atomic E-state index is -0.125. The van der Waals surface area contributed by atoms with E-state index in [2.05, 4.69) is 5.32 Å². The first-order chi connectivity index (χ1) is 4.41. The summed E-state index contributed by atoms with van der Waals surface area (Å²) >= 11 is 0. The summed E-state index contributed by atoms with van der Waals surface area (Å²) in [6.45, 7) is 1.88. The van der Waals surface area contributed by atoms with E-state index in [9.17, 15) is 5.11 Å². The number of hydrogen-bond acceptors (Lipinski definition) is 2. The van der Waals surface area contributed by atoms with E-state index < -0.39 is 0 Å². The standard InChI is InChI=1S/C6H14NO2/c1-7-3-2-5-9-6-4-8/h7H,2-6H2,1H3. The van der Waals surface area contributed by atoms with Crippen LogP contribution >= 0.6 is 0 Å². The molecule has 0 unspecified atom stereocenters. The number of hydrogen-bond donors (Lipinski definition) is 1. The Morgan fingerprint density at radius 1 is 1.44 bits per heavy atom. The molecule has 0 spiro atoms. The first-order valence-electron chi connectivity index (χ1n) is 3.22. The summed E-state index contributed by atoms with van der Waals surface area (Å²) in [4.78, 5) is 0. The third-order valence-corrected chi connectivity index (χ3v) is 0.943. The molecule has 1 radical (unpaired) electrons. The molecule has 0 aromatic rings. The molecule has 1 N–H and O–H groups in total. The van der Waals surface area contributed by atoms with Gasteiger partial charge in [0.15, 0.2) is 0 Å². The number of rotatable bonds is 6. The van der Waals surface area contributed by atoms with E-state index in [0.717, 1.165) is 13.0 Å². The molecule has 0 atom stereocenters. The second-order valence-electron chi connectivity index (χ2n) is 1.77. The minimum Gasteiger partial charge on any atom is -0.379 e. The van der Waals surface area contributed by atoms with Crippen LogP contribution in [0.1, 0.15) is 6.42 Å². The lowest BCUT2D eigenvalue weighted by atomic mass is 10.4. The van der Waals surface area contributed by atoms with Crippen LogP contribution in [0.15, 0.2) is 0 Å². The Kier molecular flexibility index (Phi) is 7.77. The molecule has 0 aromatic heterocycles. The van der Waals surface area contributed by atoms with Crippen molar-refractivity contribution in [2.75, 3.05) is 33.4 Å². The Hall–Kier alpha value is -0.120. The Morgan fingerprint density at radius 3 is 2.78 bits per heavy atom. The maximum atomic E-state index is 9.82. The number of ether oxygens (including phenoxy) is 1. The summed E-state index contributed by atoms with van der Waals surface area (Å²) in [6, 6.07) is 0. The van der Waals surface area contributed by atoms with E-state index in [1.807, 2.05) is 7.05 Å². The van der Waals surface area contributed by atoms with Crippen molar-refractivity contribution in [3.05, 3.63) is 0 Å². The fraction of sp³-hybridized carbons (Fsp3) is 1.00. The molecular formula is C6H14NO2. The van der Waals surface area contributed by atoms with Gasteiger partial charge >= 0.3 is 0 Å². The van der Waals surface area contributed by atoms with Crippen LogP contribution in [0.2, 0.25) is 0 Å². The fourth-order valence-corrected chi connectivity index (χ4v) is 0.512. The van der Waals surface area contributed by atoms with E-state index in [4.69, 9.17) is 4.74 Å². The van der Waals surface area contributed by atoms with E-state index in [0.29, 0.717) is 13.2 Å². The SMILES string of the molecule is CNCCCOCC[O]. The molecule has 0 bridgehead atoms. The summed E-state index contributed by atoms with van der Waals surface area (Å²) in [7, 11) is 1.90. The second kappa shape index (κ2) is 7.88. The minimum absolute atomic E-state index is 0.125. The van der Waals surface area contributed by atoms with Crippen molar-refractivity contribution in [1.82, 2.24) is 5.32 Å². The highest BCUT2D eigenvalue weighted by molar-refractivity contribution is 4.38. The Bertz CT molecular complexity index is 44.3. The van der Waals surface area contributed by atoms with Crippen LogP contribution in [0.4, 0.5) is 0 Å². The van der Waals surface area contributed by atoms with Gasteiger partial charge in [0.1, 0.15) is 6.61 Å². The first kappa shape index (κ1) is 8.88. The second-order valence-corrected chi connectivity index (χ2v) is 1.77. The zero-order valence-electron chi connectivity index (χ0n) is 5.85. The molecule has 9 heavy (non-hydrogen) atoms. The van der Waals surface area contributed by atoms with Crippen LogP contribution < -0.4 is 5.32 Å². The highest BCUT2D eigenvalue weighted by Gasteiger charge is 1.85. The average Bonchev–Trinajstić information content (AvgIpc) is 1.89. The highest BCUT2D eigenvalue weighted by Crippen LogP contribution is 1.78. The van der Waals surface area contributed by atoms with Gasteiger partial charge in [0.2, 0.25) is 0 Å². The van der Waals surface area contributed by atoms with Crippen molar-refractivity contribution in [2.45, 2.75) is 6.42 Å². The van der Waals surface area contributed by atoms with E-state index in [1.54, 1.807) is 0 Å². The largest absolute Gasteiger partial charge is 0.379 e. The maximum Gasteiger partial charge on any atom is 0.106 e. The van der Waals surface area contributed by atoms with Gasteiger partial charge in [-0.25, -0.2) is 5.11 Å². The molecule has 0 aromatic carbocycles. The maximum absolute atomic E-state index is 9.82. The molecule has 0 aliphatic carbocycles. The molecule has 0 saturated heterocycles. The van der Waals surface area contributed by atoms with E-state index >= 15 is 0 Å². The van der Waals surface area contributed by atoms with Crippen molar-refractivity contribution in [2.24, 2.45) is 0 Å². The lowest BCUT2D eigenvalue weighted by molar-refractivity contribution is 0.0629. The van der Waals surface area contributed by atoms with Crippen LogP contribution in [0, 0.1) is 0 Å². The zero-order chi connectivity index (χ0) is 6.95. The summed E-state index contributed by atoms with van der Waals surface area (Å²) in [5, 5.41) is 12.8. The average molecular weight is 132 g/mol. The predicted octanol–water partition coefficient (Wildman–Crippen LogP) is 0.0430. The van der Waals surface area contributed by atoms with Gasteiger partial charge in [-0.3, -0.25) is 0 Å². The topological polar surface area (TPSA) is 41.2 Å². The van der Waals surface area contributed by atoms with Gasteiger partial charge in [-0.2, -0.15) is 0 Å². The summed E-state index contributed by atoms with van der Waals surface area (Å²) in [5.74, 6) is 0. The molecular weight excluding hydrogens is 118 g/mol. The van der Waals surface area contributed by atoms with Crippen molar-refractivity contribution < 1.29 is 9.84 Å². The molecule has 0 rings (SSSR count). The van der Waals surface area contributed by atoms with Gasteiger partial charge in [0.25, 0.3) is 0 Å². The molecule has 55 valence electrons. The molecule has 0 aliphatic rings. The fourth-order valence-electron chi connectivity index (χ4n) is 0.512. The summed E-state index contributed by atoms with van der Waals surface area (Å²) in [6.07, 6.45) is 0.983. The van der Waals surface area contributed by atoms with Crippen LogP contribution in [0.5, 0.6) is 0 Å². The highest BCUT2D eigenvalue weighted by atomic mass is 16.5. The third-order valence-electron chi connectivity index (χ3n) is 0.943.